The summed E-state index contributed by atoms with van der Waals surface area (Å²) in [6.07, 6.45) is 3.45. The molecule has 132 valence electrons. The van der Waals surface area contributed by atoms with E-state index >= 15 is 0 Å². The van der Waals surface area contributed by atoms with Gasteiger partial charge >= 0.3 is 5.69 Å². The largest absolute Gasteiger partial charge is 0.383 e. The lowest BCUT2D eigenvalue weighted by molar-refractivity contribution is 0.0946. The third-order valence-corrected chi connectivity index (χ3v) is 5.68. The minimum Gasteiger partial charge on any atom is -0.383 e. The van der Waals surface area contributed by atoms with Crippen molar-refractivity contribution in [3.8, 4) is 0 Å². The molecular formula is C17H19N3O4S. The van der Waals surface area contributed by atoms with Gasteiger partial charge in [0.1, 0.15) is 9.66 Å². The second-order valence-electron chi connectivity index (χ2n) is 6.12. The van der Waals surface area contributed by atoms with Crippen LogP contribution in [-0.2, 0) is 22.6 Å². The summed E-state index contributed by atoms with van der Waals surface area (Å²) in [6, 6.07) is 3.69. The van der Waals surface area contributed by atoms with E-state index in [1.807, 2.05) is 12.1 Å². The maximum Gasteiger partial charge on any atom is 0.332 e. The van der Waals surface area contributed by atoms with Crippen molar-refractivity contribution in [2.24, 2.45) is 0 Å². The minimum absolute atomic E-state index is 0.0817. The van der Waals surface area contributed by atoms with Crippen LogP contribution in [0.15, 0.2) is 27.9 Å². The van der Waals surface area contributed by atoms with Gasteiger partial charge < -0.3 is 9.47 Å². The van der Waals surface area contributed by atoms with Crippen LogP contribution in [0.2, 0.25) is 0 Å². The molecule has 1 aliphatic heterocycles. The summed E-state index contributed by atoms with van der Waals surface area (Å²) in [4.78, 5) is 31.8. The number of fused-ring (bicyclic) bond motifs is 3. The van der Waals surface area contributed by atoms with Crippen molar-refractivity contribution < 1.29 is 9.47 Å². The van der Waals surface area contributed by atoms with Crippen molar-refractivity contribution in [3.63, 3.8) is 0 Å². The maximum absolute atomic E-state index is 13.1. The molecule has 1 saturated heterocycles. The highest BCUT2D eigenvalue weighted by Gasteiger charge is 2.22. The molecule has 25 heavy (non-hydrogen) atoms. The number of aromatic nitrogens is 3. The van der Waals surface area contributed by atoms with E-state index in [9.17, 15) is 9.59 Å². The molecule has 1 atom stereocenters. The van der Waals surface area contributed by atoms with Crippen molar-refractivity contribution in [3.05, 3.63) is 39.2 Å². The van der Waals surface area contributed by atoms with Crippen LogP contribution < -0.4 is 11.2 Å². The second-order valence-corrected chi connectivity index (χ2v) is 7.09. The van der Waals surface area contributed by atoms with Gasteiger partial charge in [-0.15, -0.1) is 0 Å². The molecule has 1 aliphatic rings. The molecule has 3 aromatic rings. The summed E-state index contributed by atoms with van der Waals surface area (Å²) in [5.41, 5.74) is -0.569. The molecule has 0 aromatic carbocycles. The average molecular weight is 361 g/mol. The van der Waals surface area contributed by atoms with Gasteiger partial charge in [0.15, 0.2) is 0 Å². The number of rotatable bonds is 5. The topological polar surface area (TPSA) is 75.3 Å². The second kappa shape index (κ2) is 6.70. The monoisotopic (exact) mass is 361 g/mol. The summed E-state index contributed by atoms with van der Waals surface area (Å²) in [5.74, 6) is 0. The van der Waals surface area contributed by atoms with Gasteiger partial charge in [0.2, 0.25) is 0 Å². The highest BCUT2D eigenvalue weighted by atomic mass is 32.1. The van der Waals surface area contributed by atoms with Crippen LogP contribution in [0.5, 0.6) is 0 Å². The molecule has 8 heteroatoms. The summed E-state index contributed by atoms with van der Waals surface area (Å²) in [5, 5.41) is 1.35. The van der Waals surface area contributed by atoms with Gasteiger partial charge in [-0.25, -0.2) is 9.78 Å². The zero-order chi connectivity index (χ0) is 17.4. The summed E-state index contributed by atoms with van der Waals surface area (Å²) in [6.45, 7) is 1.77. The smallest absolute Gasteiger partial charge is 0.332 e. The Kier molecular flexibility index (Phi) is 4.41. The van der Waals surface area contributed by atoms with E-state index in [0.29, 0.717) is 30.0 Å². The number of pyridine rings is 1. The van der Waals surface area contributed by atoms with Gasteiger partial charge in [0, 0.05) is 25.3 Å². The third kappa shape index (κ3) is 2.80. The molecule has 1 fully saturated rings. The Morgan fingerprint density at radius 3 is 3.04 bits per heavy atom. The van der Waals surface area contributed by atoms with Crippen LogP contribution in [0, 0.1) is 0 Å². The number of methoxy groups -OCH3 is 1. The molecule has 0 saturated carbocycles. The van der Waals surface area contributed by atoms with Crippen molar-refractivity contribution in [2.45, 2.75) is 32.0 Å². The molecule has 0 amide bonds. The van der Waals surface area contributed by atoms with E-state index in [0.717, 1.165) is 23.1 Å². The van der Waals surface area contributed by atoms with Crippen molar-refractivity contribution in [2.75, 3.05) is 20.3 Å². The van der Waals surface area contributed by atoms with Gasteiger partial charge in [0.05, 0.1) is 31.2 Å². The molecule has 4 heterocycles. The molecule has 0 spiro atoms. The quantitative estimate of drug-likeness (QED) is 0.690. The molecule has 1 unspecified atom stereocenters. The molecule has 0 aliphatic carbocycles. The van der Waals surface area contributed by atoms with Crippen LogP contribution in [0.4, 0.5) is 0 Å². The Hall–Kier alpha value is -2.03. The fourth-order valence-corrected chi connectivity index (χ4v) is 4.46. The molecule has 0 N–H and O–H groups in total. The van der Waals surface area contributed by atoms with Crippen LogP contribution in [0.25, 0.3) is 20.4 Å². The molecular weight excluding hydrogens is 342 g/mol. The van der Waals surface area contributed by atoms with Crippen LogP contribution >= 0.6 is 11.3 Å². The van der Waals surface area contributed by atoms with Crippen LogP contribution in [-0.4, -0.2) is 40.5 Å². The fourth-order valence-electron chi connectivity index (χ4n) is 3.30. The minimum atomic E-state index is -0.309. The molecule has 0 bridgehead atoms. The van der Waals surface area contributed by atoms with E-state index in [1.165, 1.54) is 15.9 Å². The molecule has 7 nitrogen and oxygen atoms in total. The fraction of sp³-hybridized carbons (Fsp3) is 0.471. The summed E-state index contributed by atoms with van der Waals surface area (Å²) < 4.78 is 13.7. The third-order valence-electron chi connectivity index (χ3n) is 4.54. The van der Waals surface area contributed by atoms with E-state index in [1.54, 1.807) is 17.9 Å². The van der Waals surface area contributed by atoms with Gasteiger partial charge in [-0.2, -0.15) is 0 Å². The molecule has 4 rings (SSSR count). The van der Waals surface area contributed by atoms with Crippen LogP contribution in [0.3, 0.4) is 0 Å². The number of hydrogen-bond acceptors (Lipinski definition) is 6. The SMILES string of the molecule is COCCn1c(=O)n(CC2CCCO2)c(=O)c2c3cccnc3sc21. The van der Waals surface area contributed by atoms with E-state index in [4.69, 9.17) is 9.47 Å². The lowest BCUT2D eigenvalue weighted by atomic mass is 10.2. The maximum atomic E-state index is 13.1. The lowest BCUT2D eigenvalue weighted by Gasteiger charge is -2.14. The first-order valence-electron chi connectivity index (χ1n) is 8.32. The highest BCUT2D eigenvalue weighted by Crippen LogP contribution is 2.29. The number of ether oxygens (including phenoxy) is 2. The van der Waals surface area contributed by atoms with Gasteiger partial charge in [0.25, 0.3) is 5.56 Å². The van der Waals surface area contributed by atoms with Crippen molar-refractivity contribution >= 4 is 31.8 Å². The van der Waals surface area contributed by atoms with Gasteiger partial charge in [-0.05, 0) is 25.0 Å². The molecule has 3 aromatic heterocycles. The zero-order valence-corrected chi connectivity index (χ0v) is 14.8. The first kappa shape index (κ1) is 16.4. The Morgan fingerprint density at radius 1 is 1.40 bits per heavy atom. The average Bonchev–Trinajstić information content (AvgIpc) is 3.26. The first-order valence-corrected chi connectivity index (χ1v) is 9.13. The summed E-state index contributed by atoms with van der Waals surface area (Å²) >= 11 is 1.37. The Labute approximate surface area is 147 Å². The van der Waals surface area contributed by atoms with Gasteiger partial charge in [-0.1, -0.05) is 11.3 Å². The number of nitrogens with zero attached hydrogens (tertiary/aromatic N) is 3. The van der Waals surface area contributed by atoms with Gasteiger partial charge in [-0.3, -0.25) is 13.9 Å². The Morgan fingerprint density at radius 2 is 2.28 bits per heavy atom. The van der Waals surface area contributed by atoms with Crippen molar-refractivity contribution in [1.82, 2.24) is 14.1 Å². The standard InChI is InChI=1S/C17H19N3O4S/c1-23-9-7-19-16-13(12-5-2-6-18-14(12)25-16)15(21)20(17(19)22)10-11-4-3-8-24-11/h2,5-6,11H,3-4,7-10H2,1H3. The normalized spacial score (nSPS) is 17.7. The molecule has 0 radical (unpaired) electrons. The Balaban J connectivity index is 1.98. The van der Waals surface area contributed by atoms with Crippen molar-refractivity contribution in [1.29, 1.82) is 0 Å². The zero-order valence-electron chi connectivity index (χ0n) is 13.9. The highest BCUT2D eigenvalue weighted by molar-refractivity contribution is 7.25. The lowest BCUT2D eigenvalue weighted by Crippen LogP contribution is -2.42. The predicted molar refractivity (Wildman–Crippen MR) is 96.5 cm³/mol. The first-order chi connectivity index (χ1) is 12.2. The van der Waals surface area contributed by atoms with E-state index < -0.39 is 0 Å². The number of thiophene rings is 1. The number of hydrogen-bond donors (Lipinski definition) is 0. The van der Waals surface area contributed by atoms with E-state index in [-0.39, 0.29) is 23.9 Å². The van der Waals surface area contributed by atoms with Crippen LogP contribution in [0.1, 0.15) is 12.8 Å². The predicted octanol–water partition coefficient (Wildman–Crippen LogP) is 1.60. The summed E-state index contributed by atoms with van der Waals surface area (Å²) in [7, 11) is 1.59. The van der Waals surface area contributed by atoms with E-state index in [2.05, 4.69) is 4.98 Å². The Bertz CT molecular complexity index is 1030.